The van der Waals surface area contributed by atoms with Crippen LogP contribution in [0, 0.1) is 18.3 Å². The zero-order chi connectivity index (χ0) is 19.1. The maximum Gasteiger partial charge on any atom is 0.277 e. The number of nitrogens with zero attached hydrogens (tertiary/aromatic N) is 3. The monoisotopic (exact) mass is 360 g/mol. The summed E-state index contributed by atoms with van der Waals surface area (Å²) in [4.78, 5) is 11.9. The van der Waals surface area contributed by atoms with Gasteiger partial charge in [0.25, 0.3) is 5.91 Å². The largest absolute Gasteiger partial charge is 0.484 e. The van der Waals surface area contributed by atoms with E-state index in [0.717, 1.165) is 22.0 Å². The lowest BCUT2D eigenvalue weighted by Gasteiger charge is -2.05. The van der Waals surface area contributed by atoms with Crippen LogP contribution in [-0.4, -0.2) is 23.3 Å². The summed E-state index contributed by atoms with van der Waals surface area (Å²) in [6.45, 7) is 2.47. The predicted octanol–water partition coefficient (Wildman–Crippen LogP) is 3.39. The number of aryl methyl sites for hydroxylation is 2. The van der Waals surface area contributed by atoms with Crippen LogP contribution in [0.4, 0.5) is 0 Å². The predicted molar refractivity (Wildman–Crippen MR) is 105 cm³/mol. The van der Waals surface area contributed by atoms with Crippen molar-refractivity contribution in [2.75, 3.05) is 6.61 Å². The van der Waals surface area contributed by atoms with Crippen LogP contribution in [0.1, 0.15) is 17.5 Å². The molecule has 0 bridgehead atoms. The van der Waals surface area contributed by atoms with Crippen LogP contribution in [0.5, 0.6) is 5.75 Å². The summed E-state index contributed by atoms with van der Waals surface area (Å²) in [7, 11) is 0. The molecule has 0 saturated heterocycles. The number of hydrazone groups is 1. The number of para-hydroxylation sites is 1. The molecule has 0 atom stereocenters. The number of rotatable bonds is 7. The van der Waals surface area contributed by atoms with Crippen molar-refractivity contribution in [2.45, 2.75) is 19.9 Å². The number of aromatic nitrogens is 1. The molecule has 27 heavy (non-hydrogen) atoms. The molecule has 1 heterocycles. The van der Waals surface area contributed by atoms with Crippen molar-refractivity contribution in [1.82, 2.24) is 9.99 Å². The normalized spacial score (nSPS) is 10.8. The van der Waals surface area contributed by atoms with E-state index in [2.05, 4.69) is 16.6 Å². The van der Waals surface area contributed by atoms with Crippen molar-refractivity contribution in [3.05, 3.63) is 65.9 Å². The van der Waals surface area contributed by atoms with Crippen LogP contribution in [0.25, 0.3) is 10.9 Å². The van der Waals surface area contributed by atoms with E-state index in [4.69, 9.17) is 10.00 Å². The molecule has 0 spiro atoms. The second-order valence-corrected chi connectivity index (χ2v) is 6.10. The molecule has 3 aromatic rings. The minimum absolute atomic E-state index is 0.106. The number of benzene rings is 2. The van der Waals surface area contributed by atoms with Crippen LogP contribution in [0.2, 0.25) is 0 Å². The van der Waals surface area contributed by atoms with Gasteiger partial charge in [0.1, 0.15) is 5.75 Å². The highest BCUT2D eigenvalue weighted by atomic mass is 16.5. The third kappa shape index (κ3) is 4.73. The Bertz CT molecular complexity index is 1010. The van der Waals surface area contributed by atoms with E-state index < -0.39 is 0 Å². The number of amides is 1. The van der Waals surface area contributed by atoms with Gasteiger partial charge in [0.15, 0.2) is 6.61 Å². The van der Waals surface area contributed by atoms with Gasteiger partial charge < -0.3 is 9.30 Å². The summed E-state index contributed by atoms with van der Waals surface area (Å²) in [6.07, 6.45) is 3.97. The fourth-order valence-corrected chi connectivity index (χ4v) is 2.79. The molecule has 6 nitrogen and oxygen atoms in total. The van der Waals surface area contributed by atoms with E-state index in [1.165, 1.54) is 0 Å². The highest BCUT2D eigenvalue weighted by Crippen LogP contribution is 2.20. The second kappa shape index (κ2) is 8.68. The van der Waals surface area contributed by atoms with Gasteiger partial charge in [-0.1, -0.05) is 30.3 Å². The van der Waals surface area contributed by atoms with Crippen molar-refractivity contribution >= 4 is 23.0 Å². The van der Waals surface area contributed by atoms with Crippen molar-refractivity contribution in [3.8, 4) is 11.8 Å². The van der Waals surface area contributed by atoms with E-state index in [0.29, 0.717) is 18.7 Å². The van der Waals surface area contributed by atoms with E-state index >= 15 is 0 Å². The van der Waals surface area contributed by atoms with Gasteiger partial charge in [0.05, 0.1) is 18.7 Å². The Kier molecular flexibility index (Phi) is 5.85. The molecular formula is C21H20N4O2. The minimum atomic E-state index is -0.332. The van der Waals surface area contributed by atoms with Crippen LogP contribution in [0.15, 0.2) is 59.8 Å². The highest BCUT2D eigenvalue weighted by Gasteiger charge is 2.07. The van der Waals surface area contributed by atoms with Gasteiger partial charge in [-0.2, -0.15) is 10.4 Å². The Labute approximate surface area is 157 Å². The lowest BCUT2D eigenvalue weighted by Crippen LogP contribution is -2.24. The average molecular weight is 360 g/mol. The van der Waals surface area contributed by atoms with Gasteiger partial charge in [-0.15, -0.1) is 0 Å². The van der Waals surface area contributed by atoms with Crippen LogP contribution in [-0.2, 0) is 11.3 Å². The van der Waals surface area contributed by atoms with Gasteiger partial charge in [0.2, 0.25) is 0 Å². The van der Waals surface area contributed by atoms with Gasteiger partial charge in [0, 0.05) is 29.2 Å². The van der Waals surface area contributed by atoms with E-state index in [1.807, 2.05) is 60.2 Å². The number of nitriles is 1. The van der Waals surface area contributed by atoms with Gasteiger partial charge in [-0.25, -0.2) is 5.43 Å². The molecule has 1 aromatic heterocycles. The van der Waals surface area contributed by atoms with Gasteiger partial charge >= 0.3 is 0 Å². The molecule has 0 aliphatic carbocycles. The summed E-state index contributed by atoms with van der Waals surface area (Å²) in [5, 5.41) is 13.9. The lowest BCUT2D eigenvalue weighted by molar-refractivity contribution is -0.123. The van der Waals surface area contributed by atoms with E-state index in [9.17, 15) is 4.79 Å². The molecular weight excluding hydrogens is 340 g/mol. The zero-order valence-electron chi connectivity index (χ0n) is 15.1. The molecule has 1 amide bonds. The molecule has 3 rings (SSSR count). The fraction of sp³-hybridized carbons (Fsp3) is 0.190. The molecule has 2 aromatic carbocycles. The average Bonchev–Trinajstić information content (AvgIpc) is 3.03. The van der Waals surface area contributed by atoms with Crippen LogP contribution in [0.3, 0.4) is 0 Å². The molecule has 1 N–H and O–H groups in total. The number of hydrogen-bond acceptors (Lipinski definition) is 4. The number of nitrogens with one attached hydrogen (secondary N) is 1. The molecule has 0 aliphatic heterocycles. The minimum Gasteiger partial charge on any atom is -0.484 e. The smallest absolute Gasteiger partial charge is 0.277 e. The van der Waals surface area contributed by atoms with E-state index in [1.54, 1.807) is 12.3 Å². The summed E-state index contributed by atoms with van der Waals surface area (Å²) < 4.78 is 7.47. The summed E-state index contributed by atoms with van der Waals surface area (Å²) in [5.41, 5.74) is 5.45. The number of carbonyl (C=O) groups excluding carboxylic acids is 1. The topological polar surface area (TPSA) is 79.4 Å². The van der Waals surface area contributed by atoms with Crippen LogP contribution < -0.4 is 10.2 Å². The fourth-order valence-electron chi connectivity index (χ4n) is 2.79. The summed E-state index contributed by atoms with van der Waals surface area (Å²) in [6, 6.07) is 17.6. The Morgan fingerprint density at radius 3 is 2.96 bits per heavy atom. The van der Waals surface area contributed by atoms with E-state index in [-0.39, 0.29) is 12.5 Å². The second-order valence-electron chi connectivity index (χ2n) is 6.10. The quantitative estimate of drug-likeness (QED) is 0.518. The first-order valence-corrected chi connectivity index (χ1v) is 8.63. The lowest BCUT2D eigenvalue weighted by atomic mass is 10.2. The third-order valence-corrected chi connectivity index (χ3v) is 4.04. The Morgan fingerprint density at radius 2 is 2.15 bits per heavy atom. The Balaban J connectivity index is 1.62. The molecule has 6 heteroatoms. The third-order valence-electron chi connectivity index (χ3n) is 4.04. The van der Waals surface area contributed by atoms with Crippen molar-refractivity contribution in [3.63, 3.8) is 0 Å². The van der Waals surface area contributed by atoms with Crippen molar-refractivity contribution in [2.24, 2.45) is 5.10 Å². The number of hydrogen-bond donors (Lipinski definition) is 1. The maximum absolute atomic E-state index is 11.9. The van der Waals surface area contributed by atoms with Gasteiger partial charge in [-0.3, -0.25) is 4.79 Å². The highest BCUT2D eigenvalue weighted by molar-refractivity contribution is 5.99. The molecule has 0 aliphatic rings. The molecule has 0 radical (unpaired) electrons. The van der Waals surface area contributed by atoms with Crippen LogP contribution >= 0.6 is 0 Å². The van der Waals surface area contributed by atoms with Gasteiger partial charge in [-0.05, 0) is 30.7 Å². The maximum atomic E-state index is 11.9. The Hall–Kier alpha value is -3.59. The zero-order valence-corrected chi connectivity index (χ0v) is 15.1. The molecule has 0 saturated carbocycles. The first-order chi connectivity index (χ1) is 13.2. The van der Waals surface area contributed by atoms with Crippen molar-refractivity contribution < 1.29 is 9.53 Å². The first-order valence-electron chi connectivity index (χ1n) is 8.63. The molecule has 136 valence electrons. The SMILES string of the molecule is Cc1cccc(OCC(=O)N/N=C\c2cn(CCC#N)c3ccccc23)c1. The summed E-state index contributed by atoms with van der Waals surface area (Å²) >= 11 is 0. The van der Waals surface area contributed by atoms with Crippen molar-refractivity contribution in [1.29, 1.82) is 5.26 Å². The summed E-state index contributed by atoms with van der Waals surface area (Å²) in [5.74, 6) is 0.315. The molecule has 0 fully saturated rings. The first kappa shape index (κ1) is 18.2. The standard InChI is InChI=1S/C21H20N4O2/c1-16-6-4-7-18(12-16)27-15-21(26)24-23-13-17-14-25(11-5-10-22)20-9-3-2-8-19(17)20/h2-4,6-9,12-14H,5,11,15H2,1H3,(H,24,26)/b23-13-. The Morgan fingerprint density at radius 1 is 1.30 bits per heavy atom. The number of ether oxygens (including phenoxy) is 1. The number of fused-ring (bicyclic) bond motifs is 1. The number of carbonyl (C=O) groups is 1. The molecule has 0 unspecified atom stereocenters.